The quantitative estimate of drug-likeness (QED) is 0.912. The van der Waals surface area contributed by atoms with Crippen LogP contribution in [0.15, 0.2) is 23.7 Å². The van der Waals surface area contributed by atoms with Gasteiger partial charge in [-0.3, -0.25) is 0 Å². The molecule has 0 unspecified atom stereocenters. The van der Waals surface area contributed by atoms with Gasteiger partial charge in [-0.1, -0.05) is 17.7 Å². The molecule has 0 fully saturated rings. The van der Waals surface area contributed by atoms with Crippen molar-refractivity contribution in [1.29, 1.82) is 0 Å². The molecule has 1 heterocycles. The van der Waals surface area contributed by atoms with E-state index in [1.807, 2.05) is 5.51 Å². The van der Waals surface area contributed by atoms with E-state index in [1.165, 1.54) is 21.7 Å². The summed E-state index contributed by atoms with van der Waals surface area (Å²) >= 11 is 1.72. The van der Waals surface area contributed by atoms with E-state index in [9.17, 15) is 0 Å². The Morgan fingerprint density at radius 2 is 2.11 bits per heavy atom. The maximum absolute atomic E-state index is 5.71. The molecule has 0 saturated carbocycles. The summed E-state index contributed by atoms with van der Waals surface area (Å²) in [7, 11) is 2.13. The van der Waals surface area contributed by atoms with Crippen molar-refractivity contribution in [1.82, 2.24) is 4.98 Å². The summed E-state index contributed by atoms with van der Waals surface area (Å²) in [5, 5.41) is 0. The van der Waals surface area contributed by atoms with Crippen LogP contribution in [0.5, 0.6) is 0 Å². The summed E-state index contributed by atoms with van der Waals surface area (Å²) < 4.78 is 0. The molecule has 2 N–H and O–H groups in total. The van der Waals surface area contributed by atoms with Crippen molar-refractivity contribution < 1.29 is 0 Å². The molecule has 1 aromatic heterocycles. The predicted molar refractivity (Wildman–Crippen MR) is 82.9 cm³/mol. The molecule has 0 spiro atoms. The number of nitrogens with two attached hydrogens (primary N) is 1. The molecule has 0 atom stereocenters. The van der Waals surface area contributed by atoms with Gasteiger partial charge in [0.2, 0.25) is 0 Å². The zero-order valence-corrected chi connectivity index (χ0v) is 12.6. The lowest BCUT2D eigenvalue weighted by Crippen LogP contribution is -2.19. The molecule has 0 aliphatic carbocycles. The minimum atomic E-state index is 0.684. The van der Waals surface area contributed by atoms with Crippen LogP contribution in [0.3, 0.4) is 0 Å². The maximum atomic E-state index is 5.71. The first-order chi connectivity index (χ1) is 9.11. The van der Waals surface area contributed by atoms with Crippen LogP contribution < -0.4 is 10.6 Å². The van der Waals surface area contributed by atoms with Crippen LogP contribution >= 0.6 is 11.3 Å². The van der Waals surface area contributed by atoms with Crippen LogP contribution in [-0.2, 0) is 13.0 Å². The van der Waals surface area contributed by atoms with Gasteiger partial charge in [-0.15, -0.1) is 11.3 Å². The van der Waals surface area contributed by atoms with Crippen molar-refractivity contribution in [2.75, 3.05) is 18.5 Å². The monoisotopic (exact) mass is 275 g/mol. The maximum Gasteiger partial charge on any atom is 0.0798 e. The van der Waals surface area contributed by atoms with Crippen LogP contribution in [0.1, 0.15) is 21.7 Å². The van der Waals surface area contributed by atoms with E-state index < -0.39 is 0 Å². The molecule has 2 rings (SSSR count). The molecule has 0 aliphatic rings. The van der Waals surface area contributed by atoms with Crippen LogP contribution in [0.2, 0.25) is 0 Å². The topological polar surface area (TPSA) is 42.2 Å². The highest BCUT2D eigenvalue weighted by Gasteiger charge is 2.10. The fraction of sp³-hybridized carbons (Fsp3) is 0.400. The van der Waals surface area contributed by atoms with Gasteiger partial charge in [0, 0.05) is 17.6 Å². The summed E-state index contributed by atoms with van der Waals surface area (Å²) in [6.45, 7) is 5.77. The second kappa shape index (κ2) is 6.17. The minimum absolute atomic E-state index is 0.684. The molecule has 3 nitrogen and oxygen atoms in total. The van der Waals surface area contributed by atoms with Crippen molar-refractivity contribution in [3.63, 3.8) is 0 Å². The van der Waals surface area contributed by atoms with Crippen LogP contribution in [0.4, 0.5) is 5.69 Å². The predicted octanol–water partition coefficient (Wildman–Crippen LogP) is 2.90. The Kier molecular flexibility index (Phi) is 4.56. The molecule has 4 heteroatoms. The Morgan fingerprint density at radius 3 is 2.74 bits per heavy atom. The van der Waals surface area contributed by atoms with Gasteiger partial charge in [0.15, 0.2) is 0 Å². The first-order valence-corrected chi connectivity index (χ1v) is 7.39. The molecular weight excluding hydrogens is 254 g/mol. The normalized spacial score (nSPS) is 10.7. The van der Waals surface area contributed by atoms with Crippen molar-refractivity contribution in [2.45, 2.75) is 26.8 Å². The number of anilines is 1. The van der Waals surface area contributed by atoms with E-state index in [2.05, 4.69) is 49.0 Å². The van der Waals surface area contributed by atoms with E-state index in [-0.39, 0.29) is 0 Å². The number of aryl methyl sites for hydroxylation is 2. The van der Waals surface area contributed by atoms with Gasteiger partial charge >= 0.3 is 0 Å². The lowest BCUT2D eigenvalue weighted by molar-refractivity contribution is 0.894. The molecule has 0 amide bonds. The highest BCUT2D eigenvalue weighted by molar-refractivity contribution is 7.09. The molecule has 0 radical (unpaired) electrons. The number of nitrogens with zero attached hydrogens (tertiary/aromatic N) is 2. The van der Waals surface area contributed by atoms with Crippen LogP contribution in [-0.4, -0.2) is 18.6 Å². The summed E-state index contributed by atoms with van der Waals surface area (Å²) in [5.74, 6) is 0. The third-order valence-corrected chi connectivity index (χ3v) is 4.21. The van der Waals surface area contributed by atoms with Gasteiger partial charge in [0.05, 0.1) is 17.7 Å². The summed E-state index contributed by atoms with van der Waals surface area (Å²) in [5.41, 5.74) is 12.6. The Morgan fingerprint density at radius 1 is 1.32 bits per heavy atom. The first kappa shape index (κ1) is 14.0. The highest BCUT2D eigenvalue weighted by atomic mass is 32.1. The van der Waals surface area contributed by atoms with Crippen molar-refractivity contribution in [3.8, 4) is 0 Å². The number of thiazole rings is 1. The van der Waals surface area contributed by atoms with Crippen LogP contribution in [0.25, 0.3) is 0 Å². The third kappa shape index (κ3) is 3.33. The second-order valence-electron chi connectivity index (χ2n) is 4.89. The molecule has 0 saturated heterocycles. The van der Waals surface area contributed by atoms with Crippen molar-refractivity contribution in [3.05, 3.63) is 45.4 Å². The number of rotatable bonds is 5. The zero-order valence-electron chi connectivity index (χ0n) is 11.8. The lowest BCUT2D eigenvalue weighted by Gasteiger charge is -2.22. The fourth-order valence-electron chi connectivity index (χ4n) is 2.22. The largest absolute Gasteiger partial charge is 0.369 e. The van der Waals surface area contributed by atoms with Crippen molar-refractivity contribution >= 4 is 17.0 Å². The summed E-state index contributed by atoms with van der Waals surface area (Å²) in [4.78, 5) is 7.91. The molecule has 0 aliphatic heterocycles. The van der Waals surface area contributed by atoms with Crippen LogP contribution in [0, 0.1) is 13.8 Å². The van der Waals surface area contributed by atoms with Gasteiger partial charge < -0.3 is 10.6 Å². The number of benzene rings is 1. The Bertz CT molecular complexity index is 548. The number of aromatic nitrogens is 1. The van der Waals surface area contributed by atoms with Gasteiger partial charge in [-0.25, -0.2) is 4.98 Å². The third-order valence-electron chi connectivity index (χ3n) is 3.29. The van der Waals surface area contributed by atoms with E-state index >= 15 is 0 Å². The Hall–Kier alpha value is -1.39. The van der Waals surface area contributed by atoms with E-state index in [0.29, 0.717) is 6.54 Å². The van der Waals surface area contributed by atoms with E-state index in [4.69, 9.17) is 5.73 Å². The molecule has 2 aromatic rings. The SMILES string of the molecule is Cc1ccc(N(C)Cc2scnc2C)c(CCN)c1. The summed E-state index contributed by atoms with van der Waals surface area (Å²) in [6.07, 6.45) is 0.920. The van der Waals surface area contributed by atoms with Gasteiger partial charge in [-0.2, -0.15) is 0 Å². The Balaban J connectivity index is 2.23. The minimum Gasteiger partial charge on any atom is -0.369 e. The van der Waals surface area contributed by atoms with E-state index in [0.717, 1.165) is 18.7 Å². The Labute approximate surface area is 119 Å². The average Bonchev–Trinajstić information content (AvgIpc) is 2.75. The smallest absolute Gasteiger partial charge is 0.0798 e. The van der Waals surface area contributed by atoms with Gasteiger partial charge in [-0.05, 0) is 38.4 Å². The van der Waals surface area contributed by atoms with Gasteiger partial charge in [0.1, 0.15) is 0 Å². The second-order valence-corrected chi connectivity index (χ2v) is 5.83. The zero-order chi connectivity index (χ0) is 13.8. The number of hydrogen-bond acceptors (Lipinski definition) is 4. The lowest BCUT2D eigenvalue weighted by atomic mass is 10.1. The number of hydrogen-bond donors (Lipinski definition) is 1. The standard InChI is InChI=1S/C15H21N3S/c1-11-4-5-14(13(8-11)6-7-16)18(3)9-15-12(2)17-10-19-15/h4-5,8,10H,6-7,9,16H2,1-3H3. The average molecular weight is 275 g/mol. The molecular formula is C15H21N3S. The van der Waals surface area contributed by atoms with E-state index in [1.54, 1.807) is 11.3 Å². The molecule has 19 heavy (non-hydrogen) atoms. The summed E-state index contributed by atoms with van der Waals surface area (Å²) in [6, 6.07) is 6.58. The van der Waals surface area contributed by atoms with Crippen molar-refractivity contribution in [2.24, 2.45) is 5.73 Å². The molecule has 0 bridgehead atoms. The molecule has 1 aromatic carbocycles. The van der Waals surface area contributed by atoms with Gasteiger partial charge in [0.25, 0.3) is 0 Å². The first-order valence-electron chi connectivity index (χ1n) is 6.51. The molecule has 102 valence electrons. The highest BCUT2D eigenvalue weighted by Crippen LogP contribution is 2.24. The fourth-order valence-corrected chi connectivity index (χ4v) is 3.05.